The van der Waals surface area contributed by atoms with Crippen molar-refractivity contribution in [2.24, 2.45) is 23.7 Å². The van der Waals surface area contributed by atoms with Crippen LogP contribution in [0.25, 0.3) is 0 Å². The second-order valence-corrected chi connectivity index (χ2v) is 9.33. The van der Waals surface area contributed by atoms with Crippen molar-refractivity contribution >= 4 is 5.97 Å². The molecule has 3 rings (SSSR count). The van der Waals surface area contributed by atoms with E-state index in [9.17, 15) is 15.0 Å². The van der Waals surface area contributed by atoms with E-state index in [4.69, 9.17) is 9.84 Å². The maximum Gasteiger partial charge on any atom is 0.303 e. The van der Waals surface area contributed by atoms with Crippen LogP contribution in [0.2, 0.25) is 0 Å². The number of carbonyl (C=O) groups is 1. The Morgan fingerprint density at radius 1 is 1.11 bits per heavy atom. The molecule has 6 atom stereocenters. The average molecular weight is 395 g/mol. The summed E-state index contributed by atoms with van der Waals surface area (Å²) in [6, 6.07) is 0. The first-order valence-corrected chi connectivity index (χ1v) is 11.4. The van der Waals surface area contributed by atoms with Gasteiger partial charge in [-0.15, -0.1) is 0 Å². The van der Waals surface area contributed by atoms with Gasteiger partial charge in [0.1, 0.15) is 0 Å². The Morgan fingerprint density at radius 3 is 2.64 bits per heavy atom. The number of fused-ring (bicyclic) bond motifs is 1. The minimum absolute atomic E-state index is 0.0592. The predicted octanol–water partition coefficient (Wildman–Crippen LogP) is 3.92. The van der Waals surface area contributed by atoms with Crippen LogP contribution in [0.3, 0.4) is 0 Å². The van der Waals surface area contributed by atoms with Gasteiger partial charge in [0.15, 0.2) is 0 Å². The van der Waals surface area contributed by atoms with E-state index in [1.807, 2.05) is 12.2 Å². The van der Waals surface area contributed by atoms with E-state index in [1.54, 1.807) is 0 Å². The Hall–Kier alpha value is -0.910. The number of hydrogen-bond acceptors (Lipinski definition) is 4. The average Bonchev–Trinajstić information content (AvgIpc) is 3.23. The molecular weight excluding hydrogens is 356 g/mol. The van der Waals surface area contributed by atoms with Crippen LogP contribution in [0.15, 0.2) is 12.2 Å². The largest absolute Gasteiger partial charge is 0.481 e. The predicted molar refractivity (Wildman–Crippen MR) is 108 cm³/mol. The van der Waals surface area contributed by atoms with Gasteiger partial charge >= 0.3 is 5.97 Å². The maximum absolute atomic E-state index is 10.7. The molecule has 1 aliphatic heterocycles. The number of rotatable bonds is 9. The molecule has 160 valence electrons. The van der Waals surface area contributed by atoms with Crippen molar-refractivity contribution in [1.29, 1.82) is 0 Å². The summed E-state index contributed by atoms with van der Waals surface area (Å²) in [5.41, 5.74) is 0. The van der Waals surface area contributed by atoms with Crippen LogP contribution in [0, 0.1) is 23.7 Å². The zero-order valence-corrected chi connectivity index (χ0v) is 17.0. The number of carboxylic acid groups (broad SMARTS) is 1. The number of aliphatic carboxylic acids is 1. The van der Waals surface area contributed by atoms with Gasteiger partial charge in [-0.05, 0) is 56.3 Å². The van der Waals surface area contributed by atoms with Crippen molar-refractivity contribution in [2.45, 2.75) is 95.4 Å². The van der Waals surface area contributed by atoms with Gasteiger partial charge in [0, 0.05) is 25.4 Å². The van der Waals surface area contributed by atoms with E-state index in [1.165, 1.54) is 25.7 Å². The summed E-state index contributed by atoms with van der Waals surface area (Å²) in [5.74, 6) is 0.842. The summed E-state index contributed by atoms with van der Waals surface area (Å²) in [7, 11) is 0. The lowest BCUT2D eigenvalue weighted by Gasteiger charge is -2.21. The summed E-state index contributed by atoms with van der Waals surface area (Å²) >= 11 is 0. The van der Waals surface area contributed by atoms with E-state index in [2.05, 4.69) is 0 Å². The highest BCUT2D eigenvalue weighted by molar-refractivity contribution is 5.66. The third-order valence-electron chi connectivity index (χ3n) is 7.25. The smallest absolute Gasteiger partial charge is 0.303 e. The molecule has 28 heavy (non-hydrogen) atoms. The first-order valence-electron chi connectivity index (χ1n) is 11.4. The summed E-state index contributed by atoms with van der Waals surface area (Å²) in [4.78, 5) is 10.7. The Kier molecular flexibility index (Phi) is 8.36. The molecule has 0 spiro atoms. The molecule has 1 heterocycles. The van der Waals surface area contributed by atoms with Crippen LogP contribution in [-0.4, -0.2) is 46.2 Å². The molecule has 2 saturated carbocycles. The van der Waals surface area contributed by atoms with Gasteiger partial charge in [-0.1, -0.05) is 37.8 Å². The lowest BCUT2D eigenvalue weighted by Crippen LogP contribution is -2.21. The molecule has 1 saturated heterocycles. The fourth-order valence-corrected chi connectivity index (χ4v) is 5.54. The quantitative estimate of drug-likeness (QED) is 0.516. The van der Waals surface area contributed by atoms with Crippen molar-refractivity contribution in [3.8, 4) is 0 Å². The van der Waals surface area contributed by atoms with Crippen molar-refractivity contribution in [1.82, 2.24) is 0 Å². The molecule has 3 N–H and O–H groups in total. The summed E-state index contributed by atoms with van der Waals surface area (Å²) < 4.78 is 6.12. The van der Waals surface area contributed by atoms with Crippen molar-refractivity contribution < 1.29 is 24.9 Å². The van der Waals surface area contributed by atoms with Gasteiger partial charge in [0.25, 0.3) is 0 Å². The standard InChI is InChI=1S/C23H38O5/c24-18(10-8-16-4-1-2-5-16)11-13-19-20-12-9-17(6-3-7-23(26)27)15-28-22(20)14-21(19)25/h11,13,16-22,24-25H,1-10,12,14-15H2,(H,26,27)/t17-,18?,19+,20+,21+,22-/m0/s1. The van der Waals surface area contributed by atoms with Gasteiger partial charge in [0.05, 0.1) is 18.3 Å². The van der Waals surface area contributed by atoms with E-state index in [0.29, 0.717) is 31.3 Å². The Morgan fingerprint density at radius 2 is 1.89 bits per heavy atom. The first kappa shape index (κ1) is 21.8. The Bertz CT molecular complexity index is 513. The summed E-state index contributed by atoms with van der Waals surface area (Å²) in [6.07, 6.45) is 15.0. The topological polar surface area (TPSA) is 87.0 Å². The van der Waals surface area contributed by atoms with Gasteiger partial charge in [0.2, 0.25) is 0 Å². The molecule has 0 amide bonds. The van der Waals surface area contributed by atoms with Gasteiger partial charge < -0.3 is 20.1 Å². The molecule has 3 aliphatic rings. The van der Waals surface area contributed by atoms with E-state index in [-0.39, 0.29) is 18.4 Å². The van der Waals surface area contributed by atoms with Gasteiger partial charge in [-0.2, -0.15) is 0 Å². The van der Waals surface area contributed by atoms with Crippen LogP contribution in [0.5, 0.6) is 0 Å². The zero-order valence-electron chi connectivity index (χ0n) is 17.0. The molecule has 0 aromatic rings. The molecule has 3 fully saturated rings. The highest BCUT2D eigenvalue weighted by Crippen LogP contribution is 2.42. The molecule has 5 heteroatoms. The lowest BCUT2D eigenvalue weighted by molar-refractivity contribution is -0.137. The number of aliphatic hydroxyl groups is 2. The number of hydrogen-bond donors (Lipinski definition) is 3. The van der Waals surface area contributed by atoms with E-state index < -0.39 is 18.2 Å². The first-order chi connectivity index (χ1) is 13.5. The molecule has 0 aromatic heterocycles. The highest BCUT2D eigenvalue weighted by atomic mass is 16.5. The normalized spacial score (nSPS) is 35.1. The summed E-state index contributed by atoms with van der Waals surface area (Å²) in [5, 5.41) is 29.7. The molecule has 1 unspecified atom stereocenters. The second-order valence-electron chi connectivity index (χ2n) is 9.33. The van der Waals surface area contributed by atoms with E-state index in [0.717, 1.165) is 38.0 Å². The van der Waals surface area contributed by atoms with Crippen LogP contribution >= 0.6 is 0 Å². The summed E-state index contributed by atoms with van der Waals surface area (Å²) in [6.45, 7) is 0.675. The number of ether oxygens (including phenoxy) is 1. The molecule has 0 radical (unpaired) electrons. The third-order valence-corrected chi connectivity index (χ3v) is 7.25. The second kappa shape index (κ2) is 10.7. The van der Waals surface area contributed by atoms with Crippen molar-refractivity contribution in [3.05, 3.63) is 12.2 Å². The number of aliphatic hydroxyl groups excluding tert-OH is 2. The molecular formula is C23H38O5. The van der Waals surface area contributed by atoms with Crippen molar-refractivity contribution in [2.75, 3.05) is 6.61 Å². The molecule has 5 nitrogen and oxygen atoms in total. The third kappa shape index (κ3) is 6.30. The lowest BCUT2D eigenvalue weighted by atomic mass is 9.86. The minimum Gasteiger partial charge on any atom is -0.481 e. The molecule has 0 bridgehead atoms. The molecule has 0 aromatic carbocycles. The number of carboxylic acids is 1. The Balaban J connectivity index is 1.46. The zero-order chi connectivity index (χ0) is 19.9. The minimum atomic E-state index is -0.730. The monoisotopic (exact) mass is 394 g/mol. The fourth-order valence-electron chi connectivity index (χ4n) is 5.54. The van der Waals surface area contributed by atoms with E-state index >= 15 is 0 Å². The van der Waals surface area contributed by atoms with Crippen LogP contribution in [0.4, 0.5) is 0 Å². The highest BCUT2D eigenvalue weighted by Gasteiger charge is 2.43. The van der Waals surface area contributed by atoms with Crippen molar-refractivity contribution in [3.63, 3.8) is 0 Å². The Labute approximate surface area is 169 Å². The van der Waals surface area contributed by atoms with Crippen LogP contribution in [0.1, 0.15) is 77.0 Å². The maximum atomic E-state index is 10.7. The van der Waals surface area contributed by atoms with Gasteiger partial charge in [-0.3, -0.25) is 4.79 Å². The van der Waals surface area contributed by atoms with Crippen LogP contribution in [-0.2, 0) is 9.53 Å². The SMILES string of the molecule is O=C(O)CCC[C@H]1CC[C@@H]2[C@@H](C=CC(O)CCC3CCCC3)[C@H](O)C[C@@H]2OC1. The van der Waals surface area contributed by atoms with Crippen LogP contribution < -0.4 is 0 Å². The molecule has 2 aliphatic carbocycles. The van der Waals surface area contributed by atoms with Gasteiger partial charge in [-0.25, -0.2) is 0 Å². The fraction of sp³-hybridized carbons (Fsp3) is 0.870.